The van der Waals surface area contributed by atoms with E-state index >= 15 is 0 Å². The highest BCUT2D eigenvalue weighted by Crippen LogP contribution is 2.11. The van der Waals surface area contributed by atoms with Gasteiger partial charge in [0.05, 0.1) is 19.6 Å². The number of rotatable bonds is 10. The summed E-state index contributed by atoms with van der Waals surface area (Å²) in [4.78, 5) is 11.0. The molecule has 100 valence electrons. The summed E-state index contributed by atoms with van der Waals surface area (Å²) in [6.07, 6.45) is 4.86. The summed E-state index contributed by atoms with van der Waals surface area (Å²) in [5, 5.41) is 0. The van der Waals surface area contributed by atoms with Gasteiger partial charge in [0, 0.05) is 6.08 Å². The minimum atomic E-state index is -0.314. The Morgan fingerprint density at radius 2 is 1.88 bits per heavy atom. The Bertz CT molecular complexity index is 228. The maximum atomic E-state index is 11.0. The van der Waals surface area contributed by atoms with Gasteiger partial charge in [0.15, 0.2) is 0 Å². The van der Waals surface area contributed by atoms with E-state index in [1.165, 1.54) is 38.4 Å². The van der Waals surface area contributed by atoms with Crippen molar-refractivity contribution in [2.24, 2.45) is 0 Å². The smallest absolute Gasteiger partial charge is 0.330 e. The Kier molecular flexibility index (Phi) is 8.78. The molecule has 0 bridgehead atoms. The van der Waals surface area contributed by atoms with Gasteiger partial charge in [-0.3, -0.25) is 0 Å². The van der Waals surface area contributed by atoms with Gasteiger partial charge >= 0.3 is 5.97 Å². The molecule has 0 heterocycles. The first-order chi connectivity index (χ1) is 8.14. The molecular weight excluding hydrogens is 214 g/mol. The molecule has 17 heavy (non-hydrogen) atoms. The fourth-order valence-electron chi connectivity index (χ4n) is 2.18. The van der Waals surface area contributed by atoms with Crippen LogP contribution in [0.5, 0.6) is 0 Å². The highest BCUT2D eigenvalue weighted by atomic mass is 16.5. The fraction of sp³-hybridized carbons (Fsp3) is 0.786. The van der Waals surface area contributed by atoms with Crippen LogP contribution in [0.15, 0.2) is 12.7 Å². The van der Waals surface area contributed by atoms with Crippen molar-refractivity contribution in [2.75, 3.05) is 32.8 Å². The Labute approximate surface area is 106 Å². The van der Waals surface area contributed by atoms with Gasteiger partial charge in [-0.05, 0) is 19.8 Å². The van der Waals surface area contributed by atoms with Gasteiger partial charge in [0.1, 0.15) is 13.2 Å². The van der Waals surface area contributed by atoms with E-state index in [2.05, 4.69) is 27.4 Å². The van der Waals surface area contributed by atoms with Crippen LogP contribution in [-0.2, 0) is 9.53 Å². The number of quaternary nitrogens is 1. The van der Waals surface area contributed by atoms with Gasteiger partial charge in [-0.2, -0.15) is 0 Å². The zero-order valence-electron chi connectivity index (χ0n) is 11.7. The molecular formula is C14H28NO2+. The minimum absolute atomic E-state index is 0.314. The molecule has 0 aromatic carbocycles. The number of hydrogen-bond donors (Lipinski definition) is 0. The lowest BCUT2D eigenvalue weighted by molar-refractivity contribution is -0.926. The van der Waals surface area contributed by atoms with E-state index in [0.29, 0.717) is 6.61 Å². The third-order valence-corrected chi connectivity index (χ3v) is 3.33. The van der Waals surface area contributed by atoms with Gasteiger partial charge < -0.3 is 9.22 Å². The van der Waals surface area contributed by atoms with Crippen LogP contribution in [-0.4, -0.2) is 43.2 Å². The Morgan fingerprint density at radius 3 is 2.35 bits per heavy atom. The zero-order chi connectivity index (χ0) is 13.1. The maximum absolute atomic E-state index is 11.0. The van der Waals surface area contributed by atoms with Crippen LogP contribution in [0.2, 0.25) is 0 Å². The molecule has 0 spiro atoms. The molecule has 0 aliphatic rings. The van der Waals surface area contributed by atoms with Crippen molar-refractivity contribution in [3.05, 3.63) is 12.7 Å². The van der Waals surface area contributed by atoms with Crippen molar-refractivity contribution in [1.82, 2.24) is 0 Å². The number of ether oxygens (including phenoxy) is 1. The SMILES string of the molecule is C=CC(=O)OCC[N+](CC)(CCC)CCCC. The predicted octanol–water partition coefficient (Wildman–Crippen LogP) is 2.76. The minimum Gasteiger partial charge on any atom is -0.457 e. The first kappa shape index (κ1) is 16.2. The molecule has 1 atom stereocenters. The van der Waals surface area contributed by atoms with Crippen LogP contribution >= 0.6 is 0 Å². The van der Waals surface area contributed by atoms with Crippen LogP contribution in [0.3, 0.4) is 0 Å². The fourth-order valence-corrected chi connectivity index (χ4v) is 2.18. The Morgan fingerprint density at radius 1 is 1.18 bits per heavy atom. The number of nitrogens with zero attached hydrogens (tertiary/aromatic N) is 1. The molecule has 0 rings (SSSR count). The average molecular weight is 242 g/mol. The predicted molar refractivity (Wildman–Crippen MR) is 71.8 cm³/mol. The number of carbonyl (C=O) groups is 1. The Hall–Kier alpha value is -0.830. The molecule has 0 aliphatic heterocycles. The second-order valence-corrected chi connectivity index (χ2v) is 4.55. The lowest BCUT2D eigenvalue weighted by Gasteiger charge is -2.37. The number of unbranched alkanes of at least 4 members (excludes halogenated alkanes) is 1. The molecule has 3 nitrogen and oxygen atoms in total. The van der Waals surface area contributed by atoms with Gasteiger partial charge in [-0.1, -0.05) is 26.8 Å². The van der Waals surface area contributed by atoms with Crippen LogP contribution in [0, 0.1) is 0 Å². The molecule has 0 aromatic rings. The maximum Gasteiger partial charge on any atom is 0.330 e. The van der Waals surface area contributed by atoms with Gasteiger partial charge in [-0.15, -0.1) is 0 Å². The molecule has 1 unspecified atom stereocenters. The normalized spacial score (nSPS) is 14.1. The third kappa shape index (κ3) is 6.47. The van der Waals surface area contributed by atoms with E-state index in [-0.39, 0.29) is 5.97 Å². The number of likely N-dealkylation sites (N-methyl/N-ethyl adjacent to an activating group) is 1. The topological polar surface area (TPSA) is 26.3 Å². The van der Waals surface area contributed by atoms with Gasteiger partial charge in [0.25, 0.3) is 0 Å². The third-order valence-electron chi connectivity index (χ3n) is 3.33. The first-order valence-electron chi connectivity index (χ1n) is 6.78. The molecule has 0 aliphatic carbocycles. The number of hydrogen-bond acceptors (Lipinski definition) is 2. The van der Waals surface area contributed by atoms with Crippen LogP contribution in [0.25, 0.3) is 0 Å². The van der Waals surface area contributed by atoms with E-state index < -0.39 is 0 Å². The second-order valence-electron chi connectivity index (χ2n) is 4.55. The molecule has 0 radical (unpaired) electrons. The number of esters is 1. The van der Waals surface area contributed by atoms with E-state index in [4.69, 9.17) is 4.74 Å². The van der Waals surface area contributed by atoms with Crippen molar-refractivity contribution >= 4 is 5.97 Å². The quantitative estimate of drug-likeness (QED) is 0.334. The summed E-state index contributed by atoms with van der Waals surface area (Å²) in [6.45, 7) is 14.9. The molecule has 3 heteroatoms. The largest absolute Gasteiger partial charge is 0.457 e. The average Bonchev–Trinajstić information content (AvgIpc) is 2.35. The van der Waals surface area contributed by atoms with Crippen LogP contribution in [0.1, 0.15) is 40.0 Å². The summed E-state index contributed by atoms with van der Waals surface area (Å²) in [7, 11) is 0. The highest BCUT2D eigenvalue weighted by Gasteiger charge is 2.23. The molecule has 0 fully saturated rings. The van der Waals surface area contributed by atoms with E-state index in [0.717, 1.165) is 17.6 Å². The second kappa shape index (κ2) is 9.23. The monoisotopic (exact) mass is 242 g/mol. The summed E-state index contributed by atoms with van der Waals surface area (Å²) in [5.74, 6) is -0.314. The van der Waals surface area contributed by atoms with Crippen molar-refractivity contribution in [1.29, 1.82) is 0 Å². The molecule has 0 N–H and O–H groups in total. The summed E-state index contributed by atoms with van der Waals surface area (Å²) in [6, 6.07) is 0. The lowest BCUT2D eigenvalue weighted by Crippen LogP contribution is -2.51. The molecule has 0 aromatic heterocycles. The molecule has 0 saturated carbocycles. The standard InChI is InChI=1S/C14H28NO2/c1-5-9-11-15(8-4,10-6-2)12-13-17-14(16)7-3/h7H,3,5-6,8-13H2,1-2,4H3/q+1. The van der Waals surface area contributed by atoms with E-state index in [9.17, 15) is 4.79 Å². The van der Waals surface area contributed by atoms with Crippen LogP contribution in [0.4, 0.5) is 0 Å². The van der Waals surface area contributed by atoms with Crippen molar-refractivity contribution in [2.45, 2.75) is 40.0 Å². The number of carbonyl (C=O) groups excluding carboxylic acids is 1. The van der Waals surface area contributed by atoms with E-state index in [1.807, 2.05) is 0 Å². The molecule has 0 saturated heterocycles. The lowest BCUT2D eigenvalue weighted by atomic mass is 10.2. The summed E-state index contributed by atoms with van der Waals surface area (Å²) >= 11 is 0. The summed E-state index contributed by atoms with van der Waals surface area (Å²) in [5.41, 5.74) is 0. The van der Waals surface area contributed by atoms with Crippen molar-refractivity contribution < 1.29 is 14.0 Å². The van der Waals surface area contributed by atoms with Crippen molar-refractivity contribution in [3.8, 4) is 0 Å². The van der Waals surface area contributed by atoms with E-state index in [1.54, 1.807) is 0 Å². The van der Waals surface area contributed by atoms with Gasteiger partial charge in [0.2, 0.25) is 0 Å². The molecule has 0 amide bonds. The first-order valence-corrected chi connectivity index (χ1v) is 6.78. The van der Waals surface area contributed by atoms with Crippen LogP contribution < -0.4 is 0 Å². The zero-order valence-corrected chi connectivity index (χ0v) is 11.7. The summed E-state index contributed by atoms with van der Waals surface area (Å²) < 4.78 is 6.17. The highest BCUT2D eigenvalue weighted by molar-refractivity contribution is 5.81. The van der Waals surface area contributed by atoms with Gasteiger partial charge in [-0.25, -0.2) is 4.79 Å². The van der Waals surface area contributed by atoms with Crippen molar-refractivity contribution in [3.63, 3.8) is 0 Å². The Balaban J connectivity index is 4.24.